The number of hydrogen-bond donors (Lipinski definition) is 3. The van der Waals surface area contributed by atoms with Crippen molar-refractivity contribution in [2.24, 2.45) is 0 Å². The van der Waals surface area contributed by atoms with Crippen LogP contribution in [0.1, 0.15) is 16.3 Å². The third-order valence-corrected chi connectivity index (χ3v) is 5.21. The molecule has 0 bridgehead atoms. The Kier molecular flexibility index (Phi) is 5.50. The summed E-state index contributed by atoms with van der Waals surface area (Å²) in [4.78, 5) is 16.8. The summed E-state index contributed by atoms with van der Waals surface area (Å²) in [6.07, 6.45) is 5.75. The molecule has 1 fully saturated rings. The van der Waals surface area contributed by atoms with Crippen LogP contribution in [-0.2, 0) is 0 Å². The molecule has 0 unspecified atom stereocenters. The van der Waals surface area contributed by atoms with Crippen molar-refractivity contribution in [2.75, 3.05) is 36.4 Å². The normalized spacial score (nSPS) is 14.5. The van der Waals surface area contributed by atoms with Crippen molar-refractivity contribution in [2.45, 2.75) is 6.92 Å². The summed E-state index contributed by atoms with van der Waals surface area (Å²) in [6, 6.07) is 9.12. The van der Waals surface area contributed by atoms with Crippen molar-refractivity contribution < 1.29 is 5.11 Å². The molecule has 7 nitrogen and oxygen atoms in total. The van der Waals surface area contributed by atoms with E-state index in [0.717, 1.165) is 59.2 Å². The van der Waals surface area contributed by atoms with Gasteiger partial charge in [-0.3, -0.25) is 0 Å². The van der Waals surface area contributed by atoms with Crippen molar-refractivity contribution in [1.29, 1.82) is 0 Å². The standard InChI is InChI=1S/C20H22N6OS/c1-14-23-18(12-19(24-14)26-9-7-21-8-10-26)25-20-22-13-17(28-20)6-5-15-3-2-4-16(27)11-15/h2-6,11-13,21,27H,7-10H2,1H3,(H,22,23,24,25)/b6-5+. The summed E-state index contributed by atoms with van der Waals surface area (Å²) in [5.74, 6) is 2.68. The molecule has 0 aliphatic carbocycles. The van der Waals surface area contributed by atoms with Crippen molar-refractivity contribution in [1.82, 2.24) is 20.3 Å². The Morgan fingerprint density at radius 2 is 2.04 bits per heavy atom. The van der Waals surface area contributed by atoms with Gasteiger partial charge in [-0.2, -0.15) is 0 Å². The van der Waals surface area contributed by atoms with Crippen LogP contribution in [0.3, 0.4) is 0 Å². The van der Waals surface area contributed by atoms with E-state index in [4.69, 9.17) is 0 Å². The fourth-order valence-corrected chi connectivity index (χ4v) is 3.74. The molecule has 8 heteroatoms. The fourth-order valence-electron chi connectivity index (χ4n) is 3.01. The quantitative estimate of drug-likeness (QED) is 0.612. The molecule has 3 aromatic rings. The number of aromatic nitrogens is 3. The number of hydrogen-bond acceptors (Lipinski definition) is 8. The number of piperazine rings is 1. The summed E-state index contributed by atoms with van der Waals surface area (Å²) < 4.78 is 0. The number of nitrogens with one attached hydrogen (secondary N) is 2. The lowest BCUT2D eigenvalue weighted by atomic mass is 10.2. The van der Waals surface area contributed by atoms with Gasteiger partial charge >= 0.3 is 0 Å². The number of aromatic hydroxyl groups is 1. The number of aryl methyl sites for hydroxylation is 1. The maximum absolute atomic E-state index is 9.54. The first-order valence-electron chi connectivity index (χ1n) is 9.17. The van der Waals surface area contributed by atoms with Gasteiger partial charge in [-0.25, -0.2) is 15.0 Å². The van der Waals surface area contributed by atoms with Gasteiger partial charge in [0.25, 0.3) is 0 Å². The first-order valence-corrected chi connectivity index (χ1v) is 9.99. The van der Waals surface area contributed by atoms with E-state index in [-0.39, 0.29) is 5.75 Å². The van der Waals surface area contributed by atoms with E-state index in [1.165, 1.54) is 0 Å². The number of thiazole rings is 1. The molecule has 3 N–H and O–H groups in total. The summed E-state index contributed by atoms with van der Waals surface area (Å²) in [5, 5.41) is 17.0. The number of rotatable bonds is 5. The Hall–Kier alpha value is -2.97. The molecule has 1 aliphatic rings. The lowest BCUT2D eigenvalue weighted by Crippen LogP contribution is -2.44. The number of benzene rings is 1. The highest BCUT2D eigenvalue weighted by atomic mass is 32.1. The topological polar surface area (TPSA) is 86.2 Å². The number of phenols is 1. The summed E-state index contributed by atoms with van der Waals surface area (Å²) >= 11 is 1.54. The molecule has 4 rings (SSSR count). The van der Waals surface area contributed by atoms with Gasteiger partial charge in [0.2, 0.25) is 0 Å². The molecule has 1 aromatic carbocycles. The van der Waals surface area contributed by atoms with Gasteiger partial charge < -0.3 is 20.6 Å². The second-order valence-corrected chi connectivity index (χ2v) is 7.58. The Labute approximate surface area is 167 Å². The highest BCUT2D eigenvalue weighted by Crippen LogP contribution is 2.25. The highest BCUT2D eigenvalue weighted by Gasteiger charge is 2.14. The van der Waals surface area contributed by atoms with Crippen LogP contribution < -0.4 is 15.5 Å². The van der Waals surface area contributed by atoms with Crippen LogP contribution in [0.25, 0.3) is 12.2 Å². The monoisotopic (exact) mass is 394 g/mol. The van der Waals surface area contributed by atoms with Crippen LogP contribution >= 0.6 is 11.3 Å². The number of anilines is 3. The molecule has 2 aromatic heterocycles. The molecule has 1 saturated heterocycles. The third-order valence-electron chi connectivity index (χ3n) is 4.33. The average molecular weight is 395 g/mol. The molecule has 1 aliphatic heterocycles. The molecule has 0 amide bonds. The third kappa shape index (κ3) is 4.65. The van der Waals surface area contributed by atoms with Crippen LogP contribution in [0.15, 0.2) is 36.5 Å². The van der Waals surface area contributed by atoms with Gasteiger partial charge in [0, 0.05) is 43.3 Å². The lowest BCUT2D eigenvalue weighted by Gasteiger charge is -2.28. The van der Waals surface area contributed by atoms with Gasteiger partial charge in [0.15, 0.2) is 5.13 Å². The largest absolute Gasteiger partial charge is 0.508 e. The lowest BCUT2D eigenvalue weighted by molar-refractivity contribution is 0.475. The number of phenolic OH excluding ortho intramolecular Hbond substituents is 1. The summed E-state index contributed by atoms with van der Waals surface area (Å²) in [7, 11) is 0. The minimum atomic E-state index is 0.258. The van der Waals surface area contributed by atoms with E-state index in [1.54, 1.807) is 23.5 Å². The Balaban J connectivity index is 1.47. The molecule has 144 valence electrons. The number of nitrogens with zero attached hydrogens (tertiary/aromatic N) is 4. The second-order valence-electron chi connectivity index (χ2n) is 6.52. The summed E-state index contributed by atoms with van der Waals surface area (Å²) in [5.41, 5.74) is 0.940. The second kappa shape index (κ2) is 8.37. The zero-order chi connectivity index (χ0) is 19.3. The van der Waals surface area contributed by atoms with Crippen LogP contribution in [0, 0.1) is 6.92 Å². The van der Waals surface area contributed by atoms with Crippen molar-refractivity contribution in [3.8, 4) is 5.75 Å². The van der Waals surface area contributed by atoms with Crippen LogP contribution in [0.4, 0.5) is 16.8 Å². The van der Waals surface area contributed by atoms with E-state index in [9.17, 15) is 5.11 Å². The van der Waals surface area contributed by atoms with Gasteiger partial charge in [-0.05, 0) is 30.7 Å². The van der Waals surface area contributed by atoms with Crippen LogP contribution in [0.2, 0.25) is 0 Å². The minimum absolute atomic E-state index is 0.258. The van der Waals surface area contributed by atoms with Gasteiger partial charge in [0.1, 0.15) is 23.2 Å². The van der Waals surface area contributed by atoms with E-state index in [1.807, 2.05) is 43.5 Å². The van der Waals surface area contributed by atoms with E-state index < -0.39 is 0 Å². The Bertz CT molecular complexity index is 980. The molecular formula is C20H22N6OS. The van der Waals surface area contributed by atoms with E-state index >= 15 is 0 Å². The highest BCUT2D eigenvalue weighted by molar-refractivity contribution is 7.16. The maximum Gasteiger partial charge on any atom is 0.188 e. The van der Waals surface area contributed by atoms with Gasteiger partial charge in [-0.1, -0.05) is 29.5 Å². The summed E-state index contributed by atoms with van der Waals surface area (Å²) in [6.45, 7) is 5.72. The predicted molar refractivity (Wildman–Crippen MR) is 114 cm³/mol. The average Bonchev–Trinajstić information content (AvgIpc) is 3.14. The van der Waals surface area contributed by atoms with Crippen LogP contribution in [0.5, 0.6) is 5.75 Å². The van der Waals surface area contributed by atoms with Crippen molar-refractivity contribution in [3.05, 3.63) is 52.8 Å². The van der Waals surface area contributed by atoms with Gasteiger partial charge in [0.05, 0.1) is 0 Å². The van der Waals surface area contributed by atoms with Crippen molar-refractivity contribution in [3.63, 3.8) is 0 Å². The maximum atomic E-state index is 9.54. The molecule has 0 atom stereocenters. The Morgan fingerprint density at radius 3 is 2.86 bits per heavy atom. The molecule has 0 saturated carbocycles. The van der Waals surface area contributed by atoms with E-state index in [2.05, 4.69) is 30.5 Å². The molecule has 0 radical (unpaired) electrons. The van der Waals surface area contributed by atoms with Gasteiger partial charge in [-0.15, -0.1) is 0 Å². The smallest absolute Gasteiger partial charge is 0.188 e. The first kappa shape index (κ1) is 18.4. The first-order chi connectivity index (χ1) is 13.7. The molecule has 0 spiro atoms. The molecular weight excluding hydrogens is 372 g/mol. The van der Waals surface area contributed by atoms with Crippen molar-refractivity contribution >= 4 is 40.3 Å². The van der Waals surface area contributed by atoms with Crippen LogP contribution in [-0.4, -0.2) is 46.2 Å². The zero-order valence-corrected chi connectivity index (χ0v) is 16.4. The Morgan fingerprint density at radius 1 is 1.18 bits per heavy atom. The fraction of sp³-hybridized carbons (Fsp3) is 0.250. The SMILES string of the molecule is Cc1nc(Nc2ncc(/C=C/c3cccc(O)c3)s2)cc(N2CCNCC2)n1. The zero-order valence-electron chi connectivity index (χ0n) is 15.6. The molecule has 28 heavy (non-hydrogen) atoms. The molecule has 3 heterocycles. The van der Waals surface area contributed by atoms with E-state index in [0.29, 0.717) is 0 Å². The predicted octanol–water partition coefficient (Wildman–Crippen LogP) is 3.27. The minimum Gasteiger partial charge on any atom is -0.508 e.